The molecule has 0 saturated heterocycles. The van der Waals surface area contributed by atoms with Gasteiger partial charge in [-0.15, -0.1) is 0 Å². The van der Waals surface area contributed by atoms with Crippen LogP contribution in [0.4, 0.5) is 0 Å². The maximum atomic E-state index is 10.6. The van der Waals surface area contributed by atoms with Gasteiger partial charge in [0.25, 0.3) is 0 Å². The maximum Gasteiger partial charge on any atom is 0.0947 e. The van der Waals surface area contributed by atoms with Crippen molar-refractivity contribution in [1.82, 2.24) is 0 Å². The lowest BCUT2D eigenvalue weighted by Gasteiger charge is -2.18. The third kappa shape index (κ3) is 16.7. The largest absolute Gasteiger partial charge is 0.748 e. The lowest BCUT2D eigenvalue weighted by Crippen LogP contribution is -2.09. The summed E-state index contributed by atoms with van der Waals surface area (Å²) in [6.45, 7) is 6.83. The molecule has 0 heterocycles. The number of hydrogen-bond acceptors (Lipinski definition) is 3. The molecule has 0 fully saturated rings. The molecule has 134 valence electrons. The molecule has 0 spiro atoms. The normalized spacial score (nSPS) is 12.7. The summed E-state index contributed by atoms with van der Waals surface area (Å²) in [7, 11) is -5.03. The second-order valence-electron chi connectivity index (χ2n) is 7.18. The van der Waals surface area contributed by atoms with Crippen molar-refractivity contribution in [3.8, 4) is 0 Å². The van der Waals surface area contributed by atoms with Crippen LogP contribution >= 0.6 is 7.26 Å². The van der Waals surface area contributed by atoms with Crippen molar-refractivity contribution < 1.29 is 13.0 Å². The van der Waals surface area contributed by atoms with E-state index >= 15 is 0 Å². The molecule has 0 bridgehead atoms. The first-order valence-corrected chi connectivity index (χ1v) is 13.7. The molecule has 0 aromatic carbocycles. The Morgan fingerprint density at radius 3 is 1.59 bits per heavy atom. The quantitative estimate of drug-likeness (QED) is 0.233. The van der Waals surface area contributed by atoms with Crippen LogP contribution in [-0.4, -0.2) is 44.4 Å². The molecule has 5 heteroatoms. The predicted molar refractivity (Wildman–Crippen MR) is 99.5 cm³/mol. The monoisotopic (exact) mass is 352 g/mol. The average molecular weight is 353 g/mol. The average Bonchev–Trinajstić information content (AvgIpc) is 2.39. The number of hydrogen-bond donors (Lipinski definition) is 0. The van der Waals surface area contributed by atoms with E-state index in [-0.39, 0.29) is 5.75 Å². The maximum absolute atomic E-state index is 10.6. The Kier molecular flexibility index (Phi) is 12.9. The molecule has 0 aromatic rings. The second-order valence-corrected chi connectivity index (χ2v) is 13.5. The summed E-state index contributed by atoms with van der Waals surface area (Å²) in [4.78, 5) is 0. The highest BCUT2D eigenvalue weighted by molar-refractivity contribution is 7.85. The summed E-state index contributed by atoms with van der Waals surface area (Å²) in [5.74, 6) is -0.186. The van der Waals surface area contributed by atoms with E-state index in [0.717, 1.165) is 6.16 Å². The van der Waals surface area contributed by atoms with Crippen LogP contribution < -0.4 is 0 Å². The number of unbranched alkanes of at least 4 members (excludes halogenated alkanes) is 9. The first-order valence-electron chi connectivity index (χ1n) is 9.02. The van der Waals surface area contributed by atoms with Crippen molar-refractivity contribution in [2.24, 2.45) is 0 Å². The Morgan fingerprint density at radius 2 is 1.14 bits per heavy atom. The summed E-state index contributed by atoms with van der Waals surface area (Å²) >= 11 is 0. The highest BCUT2D eigenvalue weighted by atomic mass is 32.2. The first kappa shape index (κ1) is 22.3. The van der Waals surface area contributed by atoms with Crippen LogP contribution in [-0.2, 0) is 10.1 Å². The molecule has 0 radical (unpaired) electrons. The molecule has 22 heavy (non-hydrogen) atoms. The first-order chi connectivity index (χ1) is 10.3. The van der Waals surface area contributed by atoms with Gasteiger partial charge in [0, 0.05) is 26.3 Å². The topological polar surface area (TPSA) is 57.2 Å². The molecule has 0 amide bonds. The van der Waals surface area contributed by atoms with Gasteiger partial charge in [0.05, 0.1) is 22.4 Å². The minimum atomic E-state index is -4.02. The van der Waals surface area contributed by atoms with E-state index in [9.17, 15) is 13.0 Å². The Bertz CT molecular complexity index is 353. The fourth-order valence-electron chi connectivity index (χ4n) is 2.81. The van der Waals surface area contributed by atoms with Crippen LogP contribution in [0.5, 0.6) is 0 Å². The minimum absolute atomic E-state index is 0.186. The molecule has 0 aliphatic rings. The molecular weight excluding hydrogens is 315 g/mol. The van der Waals surface area contributed by atoms with Gasteiger partial charge in [-0.3, -0.25) is 0 Å². The van der Waals surface area contributed by atoms with Crippen molar-refractivity contribution in [2.75, 3.05) is 31.4 Å². The van der Waals surface area contributed by atoms with Crippen LogP contribution in [0.3, 0.4) is 0 Å². The number of rotatable bonds is 15. The molecule has 0 atom stereocenters. The summed E-state index contributed by atoms with van der Waals surface area (Å²) in [5, 5.41) is 0. The van der Waals surface area contributed by atoms with Crippen LogP contribution in [0.2, 0.25) is 0 Å². The fraction of sp³-hybridized carbons (Fsp3) is 1.00. The third-order valence-electron chi connectivity index (χ3n) is 4.27. The van der Waals surface area contributed by atoms with Gasteiger partial charge in [-0.25, -0.2) is 8.42 Å². The van der Waals surface area contributed by atoms with E-state index in [1.54, 1.807) is 0 Å². The third-order valence-corrected chi connectivity index (χ3v) is 8.12. The van der Waals surface area contributed by atoms with Crippen molar-refractivity contribution in [3.63, 3.8) is 0 Å². The molecule has 0 aromatic heterocycles. The predicted octanol–water partition coefficient (Wildman–Crippen LogP) is 5.12. The van der Waals surface area contributed by atoms with Gasteiger partial charge in [-0.1, -0.05) is 58.3 Å². The van der Waals surface area contributed by atoms with Gasteiger partial charge in [-0.05, 0) is 19.3 Å². The second kappa shape index (κ2) is 12.7. The van der Waals surface area contributed by atoms with E-state index in [1.165, 1.54) is 70.4 Å². The van der Waals surface area contributed by atoms with Crippen LogP contribution in [0.1, 0.15) is 77.6 Å². The summed E-state index contributed by atoms with van der Waals surface area (Å²) < 4.78 is 31.9. The summed E-state index contributed by atoms with van der Waals surface area (Å²) in [5.41, 5.74) is 0. The summed E-state index contributed by atoms with van der Waals surface area (Å²) in [6, 6.07) is 0. The lowest BCUT2D eigenvalue weighted by atomic mass is 10.1. The smallest absolute Gasteiger partial charge is 0.0947 e. The van der Waals surface area contributed by atoms with Crippen LogP contribution in [0.25, 0.3) is 0 Å². The molecule has 3 nitrogen and oxygen atoms in total. The zero-order valence-electron chi connectivity index (χ0n) is 15.0. The molecule has 0 aliphatic heterocycles. The lowest BCUT2D eigenvalue weighted by molar-refractivity contribution is 0.462. The molecule has 0 unspecified atom stereocenters. The highest BCUT2D eigenvalue weighted by Gasteiger charge is 2.23. The Hall–Kier alpha value is 0.340. The molecule has 0 aliphatic carbocycles. The Morgan fingerprint density at radius 1 is 0.727 bits per heavy atom. The summed E-state index contributed by atoms with van der Waals surface area (Å²) in [6.07, 6.45) is 16.3. The van der Waals surface area contributed by atoms with Crippen molar-refractivity contribution in [1.29, 1.82) is 0 Å². The van der Waals surface area contributed by atoms with Crippen LogP contribution in [0.15, 0.2) is 0 Å². The Labute approximate surface area is 139 Å². The zero-order valence-corrected chi connectivity index (χ0v) is 16.7. The van der Waals surface area contributed by atoms with E-state index in [2.05, 4.69) is 20.3 Å². The molecule has 0 rings (SSSR count). The van der Waals surface area contributed by atoms with E-state index in [0.29, 0.717) is 6.42 Å². The minimum Gasteiger partial charge on any atom is -0.748 e. The van der Waals surface area contributed by atoms with Gasteiger partial charge in [0.1, 0.15) is 0 Å². The SMILES string of the molecule is CCCCCCCCCCCC[P+](C)(C)CCCS(=O)(=O)[O-]. The fourth-order valence-corrected chi connectivity index (χ4v) is 5.84. The van der Waals surface area contributed by atoms with E-state index in [1.807, 2.05) is 0 Å². The van der Waals surface area contributed by atoms with E-state index < -0.39 is 17.4 Å². The van der Waals surface area contributed by atoms with Gasteiger partial charge >= 0.3 is 0 Å². The van der Waals surface area contributed by atoms with Crippen LogP contribution in [0, 0.1) is 0 Å². The van der Waals surface area contributed by atoms with Gasteiger partial charge in [0.2, 0.25) is 0 Å². The molecular formula is C17H37O3PS. The molecule has 0 N–H and O–H groups in total. The standard InChI is InChI=1S/C17H37O3PS/c1-4-5-6-7-8-9-10-11-12-13-15-21(2,3)16-14-17-22(18,19)20/h4-17H2,1-3H3. The molecule has 0 saturated carbocycles. The van der Waals surface area contributed by atoms with Crippen molar-refractivity contribution >= 4 is 17.4 Å². The Balaban J connectivity index is 3.45. The van der Waals surface area contributed by atoms with Gasteiger partial charge in [-0.2, -0.15) is 0 Å². The van der Waals surface area contributed by atoms with Crippen molar-refractivity contribution in [3.05, 3.63) is 0 Å². The van der Waals surface area contributed by atoms with E-state index in [4.69, 9.17) is 0 Å². The van der Waals surface area contributed by atoms with Gasteiger partial charge < -0.3 is 4.55 Å². The van der Waals surface area contributed by atoms with Crippen molar-refractivity contribution in [2.45, 2.75) is 77.6 Å². The zero-order chi connectivity index (χ0) is 16.9. The van der Waals surface area contributed by atoms with Gasteiger partial charge in [0.15, 0.2) is 0 Å². The highest BCUT2D eigenvalue weighted by Crippen LogP contribution is 2.52.